The van der Waals surface area contributed by atoms with Crippen LogP contribution in [-0.4, -0.2) is 22.4 Å². The molecular formula is C23H20N2O3S. The van der Waals surface area contributed by atoms with Gasteiger partial charge in [-0.15, -0.1) is 11.3 Å². The van der Waals surface area contributed by atoms with Crippen LogP contribution in [0.1, 0.15) is 21.5 Å². The zero-order valence-corrected chi connectivity index (χ0v) is 17.2. The van der Waals surface area contributed by atoms with Crippen molar-refractivity contribution in [2.75, 3.05) is 7.11 Å². The zero-order valence-electron chi connectivity index (χ0n) is 16.4. The van der Waals surface area contributed by atoms with E-state index < -0.39 is 0 Å². The molecule has 4 aromatic rings. The first-order chi connectivity index (χ1) is 14.0. The topological polar surface area (TPSA) is 61.2 Å². The lowest BCUT2D eigenvalue weighted by Gasteiger charge is -2.08. The van der Waals surface area contributed by atoms with Gasteiger partial charge in [-0.3, -0.25) is 14.2 Å². The van der Waals surface area contributed by atoms with Gasteiger partial charge >= 0.3 is 0 Å². The third kappa shape index (κ3) is 3.71. The van der Waals surface area contributed by atoms with E-state index in [-0.39, 0.29) is 17.9 Å². The van der Waals surface area contributed by atoms with Crippen LogP contribution in [0.5, 0.6) is 5.75 Å². The number of hydrogen-bond donors (Lipinski definition) is 0. The summed E-state index contributed by atoms with van der Waals surface area (Å²) in [4.78, 5) is 31.0. The summed E-state index contributed by atoms with van der Waals surface area (Å²) in [6.45, 7) is 3.87. The van der Waals surface area contributed by atoms with Crippen molar-refractivity contribution in [2.45, 2.75) is 20.4 Å². The van der Waals surface area contributed by atoms with Crippen LogP contribution in [-0.2, 0) is 6.54 Å². The number of rotatable bonds is 5. The molecule has 0 saturated carbocycles. The monoisotopic (exact) mass is 404 g/mol. The highest BCUT2D eigenvalue weighted by atomic mass is 32.1. The van der Waals surface area contributed by atoms with Crippen LogP contribution in [0.2, 0.25) is 0 Å². The van der Waals surface area contributed by atoms with Crippen molar-refractivity contribution < 1.29 is 9.53 Å². The Hall–Kier alpha value is -3.25. The van der Waals surface area contributed by atoms with Gasteiger partial charge < -0.3 is 4.74 Å². The van der Waals surface area contributed by atoms with E-state index in [1.54, 1.807) is 7.11 Å². The van der Waals surface area contributed by atoms with Crippen molar-refractivity contribution in [3.63, 3.8) is 0 Å². The van der Waals surface area contributed by atoms with Crippen LogP contribution >= 0.6 is 11.3 Å². The van der Waals surface area contributed by atoms with Crippen molar-refractivity contribution in [1.82, 2.24) is 9.55 Å². The fourth-order valence-electron chi connectivity index (χ4n) is 3.32. The molecule has 2 aromatic heterocycles. The minimum absolute atomic E-state index is 0.0263. The van der Waals surface area contributed by atoms with Crippen molar-refractivity contribution in [3.05, 3.63) is 81.9 Å². The van der Waals surface area contributed by atoms with E-state index in [9.17, 15) is 9.59 Å². The molecule has 146 valence electrons. The minimum atomic E-state index is -0.196. The summed E-state index contributed by atoms with van der Waals surface area (Å²) >= 11 is 1.38. The number of ketones is 1. The fraction of sp³-hybridized carbons (Fsp3) is 0.174. The number of hydrogen-bond acceptors (Lipinski definition) is 5. The molecule has 29 heavy (non-hydrogen) atoms. The maximum atomic E-state index is 12.9. The average Bonchev–Trinajstić information content (AvgIpc) is 3.15. The van der Waals surface area contributed by atoms with Gasteiger partial charge in [0, 0.05) is 10.4 Å². The van der Waals surface area contributed by atoms with Crippen LogP contribution < -0.4 is 10.3 Å². The van der Waals surface area contributed by atoms with Gasteiger partial charge in [-0.2, -0.15) is 0 Å². The Bertz CT molecular complexity index is 1270. The molecule has 0 atom stereocenters. The molecule has 0 saturated heterocycles. The van der Waals surface area contributed by atoms with Crippen molar-refractivity contribution in [1.29, 1.82) is 0 Å². The minimum Gasteiger partial charge on any atom is -0.497 e. The van der Waals surface area contributed by atoms with Gasteiger partial charge in [-0.25, -0.2) is 4.98 Å². The number of carbonyl (C=O) groups is 1. The number of aryl methyl sites for hydroxylation is 2. The molecule has 0 aliphatic heterocycles. The van der Waals surface area contributed by atoms with Crippen molar-refractivity contribution >= 4 is 27.3 Å². The summed E-state index contributed by atoms with van der Waals surface area (Å²) < 4.78 is 7.13. The first-order valence-electron chi connectivity index (χ1n) is 9.20. The third-order valence-electron chi connectivity index (χ3n) is 4.87. The molecule has 0 aliphatic carbocycles. The van der Waals surface area contributed by atoms with Gasteiger partial charge in [-0.1, -0.05) is 23.8 Å². The number of fused-ring (bicyclic) bond motifs is 1. The number of benzene rings is 2. The quantitative estimate of drug-likeness (QED) is 0.455. The van der Waals surface area contributed by atoms with Crippen LogP contribution in [0.15, 0.2) is 59.7 Å². The largest absolute Gasteiger partial charge is 0.497 e. The van der Waals surface area contributed by atoms with E-state index in [4.69, 9.17) is 4.74 Å². The second-order valence-electron chi connectivity index (χ2n) is 6.97. The molecular weight excluding hydrogens is 384 g/mol. The van der Waals surface area contributed by atoms with Gasteiger partial charge in [0.25, 0.3) is 5.56 Å². The summed E-state index contributed by atoms with van der Waals surface area (Å²) in [7, 11) is 1.63. The lowest BCUT2D eigenvalue weighted by molar-refractivity contribution is 0.0970. The average molecular weight is 404 g/mol. The molecule has 2 aromatic carbocycles. The predicted molar refractivity (Wildman–Crippen MR) is 116 cm³/mol. The Morgan fingerprint density at radius 2 is 1.86 bits per heavy atom. The van der Waals surface area contributed by atoms with Gasteiger partial charge in [0.15, 0.2) is 5.78 Å². The Morgan fingerprint density at radius 3 is 2.55 bits per heavy atom. The number of ether oxygens (including phenoxy) is 1. The van der Waals surface area contributed by atoms with E-state index in [2.05, 4.69) is 4.98 Å². The first-order valence-corrected chi connectivity index (χ1v) is 10.0. The molecule has 0 unspecified atom stereocenters. The maximum absolute atomic E-state index is 12.9. The summed E-state index contributed by atoms with van der Waals surface area (Å²) in [6.07, 6.45) is 1.45. The Kier molecular flexibility index (Phi) is 5.03. The smallest absolute Gasteiger partial charge is 0.271 e. The standard InChI is InChI=1S/C23H20N2O3S/c1-14-4-9-18(15(2)10-14)20(26)12-25-13-24-19-11-21(29-22(19)23(25)27)16-5-7-17(28-3)8-6-16/h4-11,13H,12H2,1-3H3. The Morgan fingerprint density at radius 1 is 1.10 bits per heavy atom. The number of Topliss-reactive ketones (excluding diaryl/α,β-unsaturated/α-hetero) is 1. The van der Waals surface area contributed by atoms with E-state index in [0.29, 0.717) is 15.8 Å². The lowest BCUT2D eigenvalue weighted by Crippen LogP contribution is -2.24. The highest BCUT2D eigenvalue weighted by molar-refractivity contribution is 7.22. The number of methoxy groups -OCH3 is 1. The van der Waals surface area contributed by atoms with E-state index in [1.165, 1.54) is 22.2 Å². The molecule has 0 bridgehead atoms. The third-order valence-corrected chi connectivity index (χ3v) is 6.04. The predicted octanol–water partition coefficient (Wildman–Crippen LogP) is 4.63. The molecule has 4 rings (SSSR count). The van der Waals surface area contributed by atoms with Gasteiger partial charge in [-0.05, 0) is 55.3 Å². The molecule has 0 spiro atoms. The SMILES string of the molecule is COc1ccc(-c2cc3ncn(CC(=O)c4ccc(C)cc4C)c(=O)c3s2)cc1. The van der Waals surface area contributed by atoms with Gasteiger partial charge in [0.2, 0.25) is 0 Å². The van der Waals surface area contributed by atoms with E-state index in [0.717, 1.165) is 27.3 Å². The molecule has 5 nitrogen and oxygen atoms in total. The zero-order chi connectivity index (χ0) is 20.5. The number of nitrogens with zero attached hydrogens (tertiary/aromatic N) is 2. The van der Waals surface area contributed by atoms with Crippen molar-refractivity contribution in [3.8, 4) is 16.2 Å². The van der Waals surface area contributed by atoms with E-state index in [1.807, 2.05) is 62.4 Å². The molecule has 2 heterocycles. The number of carbonyl (C=O) groups excluding carboxylic acids is 1. The Labute approximate surface area is 172 Å². The van der Waals surface area contributed by atoms with Gasteiger partial charge in [0.05, 0.1) is 25.5 Å². The lowest BCUT2D eigenvalue weighted by atomic mass is 10.0. The summed E-state index contributed by atoms with van der Waals surface area (Å²) in [5, 5.41) is 0. The fourth-order valence-corrected chi connectivity index (χ4v) is 4.39. The van der Waals surface area contributed by atoms with Crippen molar-refractivity contribution in [2.24, 2.45) is 0 Å². The summed E-state index contributed by atoms with van der Waals surface area (Å²) in [5.41, 5.74) is 4.08. The molecule has 0 amide bonds. The van der Waals surface area contributed by atoms with Crippen LogP contribution in [0.4, 0.5) is 0 Å². The summed E-state index contributed by atoms with van der Waals surface area (Å²) in [6, 6.07) is 15.3. The summed E-state index contributed by atoms with van der Waals surface area (Å²) in [5.74, 6) is 0.679. The second kappa shape index (κ2) is 7.64. The highest BCUT2D eigenvalue weighted by Gasteiger charge is 2.15. The maximum Gasteiger partial charge on any atom is 0.271 e. The molecule has 0 radical (unpaired) electrons. The first kappa shape index (κ1) is 19.1. The number of thiophene rings is 1. The van der Waals surface area contributed by atoms with Crippen LogP contribution in [0, 0.1) is 13.8 Å². The van der Waals surface area contributed by atoms with Crippen LogP contribution in [0.25, 0.3) is 20.7 Å². The number of aromatic nitrogens is 2. The molecule has 0 N–H and O–H groups in total. The molecule has 0 fully saturated rings. The molecule has 6 heteroatoms. The van der Waals surface area contributed by atoms with E-state index >= 15 is 0 Å². The van der Waals surface area contributed by atoms with Crippen LogP contribution in [0.3, 0.4) is 0 Å². The Balaban J connectivity index is 1.67. The van der Waals surface area contributed by atoms with Gasteiger partial charge in [0.1, 0.15) is 10.4 Å². The molecule has 0 aliphatic rings. The second-order valence-corrected chi connectivity index (χ2v) is 8.02. The normalized spacial score (nSPS) is 11.0. The highest BCUT2D eigenvalue weighted by Crippen LogP contribution is 2.31.